The third-order valence-electron chi connectivity index (χ3n) is 3.19. The van der Waals surface area contributed by atoms with E-state index in [0.29, 0.717) is 17.5 Å². The number of carboxylic acids is 1. The molecule has 1 aromatic heterocycles. The van der Waals surface area contributed by atoms with Crippen molar-refractivity contribution in [2.24, 2.45) is 5.41 Å². The van der Waals surface area contributed by atoms with Gasteiger partial charge in [0.2, 0.25) is 11.0 Å². The lowest BCUT2D eigenvalue weighted by Gasteiger charge is -2.15. The van der Waals surface area contributed by atoms with E-state index < -0.39 is 11.4 Å². The summed E-state index contributed by atoms with van der Waals surface area (Å²) in [5, 5.41) is 20.1. The first-order valence-electron chi connectivity index (χ1n) is 7.99. The van der Waals surface area contributed by atoms with Gasteiger partial charge in [0.25, 0.3) is 0 Å². The van der Waals surface area contributed by atoms with Crippen LogP contribution in [-0.4, -0.2) is 39.5 Å². The van der Waals surface area contributed by atoms with Crippen LogP contribution in [0.5, 0.6) is 5.75 Å². The Morgan fingerprint density at radius 1 is 1.23 bits per heavy atom. The van der Waals surface area contributed by atoms with Crippen molar-refractivity contribution < 1.29 is 19.4 Å². The molecule has 0 bridgehead atoms. The maximum Gasteiger partial charge on any atom is 0.335 e. The van der Waals surface area contributed by atoms with Crippen LogP contribution in [0.15, 0.2) is 28.6 Å². The van der Waals surface area contributed by atoms with Gasteiger partial charge in [-0.2, -0.15) is 0 Å². The lowest BCUT2D eigenvalue weighted by molar-refractivity contribution is -0.123. The second kappa shape index (κ2) is 9.00. The third kappa shape index (κ3) is 6.30. The molecule has 1 heterocycles. The molecule has 7 nitrogen and oxygen atoms in total. The number of thioether (sulfide) groups is 1. The fraction of sp³-hybridized carbons (Fsp3) is 0.412. The number of rotatable bonds is 8. The predicted molar refractivity (Wildman–Crippen MR) is 102 cm³/mol. The lowest BCUT2D eigenvalue weighted by Crippen LogP contribution is -2.27. The Balaban J connectivity index is 1.68. The number of ether oxygens (including phenoxy) is 1. The second-order valence-electron chi connectivity index (χ2n) is 6.46. The van der Waals surface area contributed by atoms with Crippen molar-refractivity contribution in [2.45, 2.75) is 31.5 Å². The summed E-state index contributed by atoms with van der Waals surface area (Å²) in [4.78, 5) is 22.7. The van der Waals surface area contributed by atoms with Crippen molar-refractivity contribution in [3.8, 4) is 5.75 Å². The quantitative estimate of drug-likeness (QED) is 0.398. The number of aromatic carboxylic acids is 1. The van der Waals surface area contributed by atoms with Gasteiger partial charge in [0.15, 0.2) is 4.34 Å². The fourth-order valence-corrected chi connectivity index (χ4v) is 3.44. The zero-order valence-electron chi connectivity index (χ0n) is 14.8. The van der Waals surface area contributed by atoms with Gasteiger partial charge in [0.05, 0.1) is 12.2 Å². The molecule has 1 amide bonds. The van der Waals surface area contributed by atoms with Crippen molar-refractivity contribution in [1.29, 1.82) is 0 Å². The van der Waals surface area contributed by atoms with Crippen LogP contribution in [0.3, 0.4) is 0 Å². The van der Waals surface area contributed by atoms with E-state index in [1.54, 1.807) is 23.9 Å². The molecule has 0 spiro atoms. The van der Waals surface area contributed by atoms with Crippen LogP contribution in [0.4, 0.5) is 5.13 Å². The Morgan fingerprint density at radius 2 is 1.92 bits per heavy atom. The Hall–Kier alpha value is -2.13. The van der Waals surface area contributed by atoms with Crippen molar-refractivity contribution in [1.82, 2.24) is 10.2 Å². The molecular formula is C17H21N3O4S2. The summed E-state index contributed by atoms with van der Waals surface area (Å²) >= 11 is 2.90. The molecule has 26 heavy (non-hydrogen) atoms. The summed E-state index contributed by atoms with van der Waals surface area (Å²) in [6, 6.07) is 6.32. The highest BCUT2D eigenvalue weighted by Gasteiger charge is 2.22. The standard InChI is InChI=1S/C17H21N3O4S2/c1-17(2,3)14(23)18-15-19-20-16(26-15)25-10-4-9-24-12-7-5-11(6-8-12)13(21)22/h5-8H,4,9-10H2,1-3H3,(H,21,22)(H,18,19,23). The molecule has 0 saturated heterocycles. The summed E-state index contributed by atoms with van der Waals surface area (Å²) in [6.45, 7) is 6.04. The molecule has 0 aliphatic carbocycles. The van der Waals surface area contributed by atoms with E-state index in [-0.39, 0.29) is 11.5 Å². The molecule has 140 valence electrons. The summed E-state index contributed by atoms with van der Waals surface area (Å²) < 4.78 is 6.37. The number of hydrogen-bond donors (Lipinski definition) is 2. The van der Waals surface area contributed by atoms with Gasteiger partial charge < -0.3 is 15.2 Å². The lowest BCUT2D eigenvalue weighted by atomic mass is 9.96. The molecule has 0 unspecified atom stereocenters. The summed E-state index contributed by atoms with van der Waals surface area (Å²) in [6.07, 6.45) is 0.800. The highest BCUT2D eigenvalue weighted by atomic mass is 32.2. The molecule has 0 aliphatic rings. The largest absolute Gasteiger partial charge is 0.494 e. The Morgan fingerprint density at radius 3 is 2.54 bits per heavy atom. The number of anilines is 1. The number of nitrogens with one attached hydrogen (secondary N) is 1. The van der Waals surface area contributed by atoms with E-state index in [9.17, 15) is 9.59 Å². The van der Waals surface area contributed by atoms with Gasteiger partial charge in [-0.15, -0.1) is 10.2 Å². The van der Waals surface area contributed by atoms with Crippen LogP contribution in [0.2, 0.25) is 0 Å². The molecule has 2 N–H and O–H groups in total. The summed E-state index contributed by atoms with van der Waals surface area (Å²) in [5.41, 5.74) is -0.238. The van der Waals surface area contributed by atoms with Gasteiger partial charge >= 0.3 is 5.97 Å². The number of aromatic nitrogens is 2. The second-order valence-corrected chi connectivity index (χ2v) is 8.78. The molecule has 0 saturated carbocycles. The zero-order chi connectivity index (χ0) is 19.2. The van der Waals surface area contributed by atoms with Crippen LogP contribution < -0.4 is 10.1 Å². The van der Waals surface area contributed by atoms with E-state index in [0.717, 1.165) is 16.5 Å². The highest BCUT2D eigenvalue weighted by Crippen LogP contribution is 2.27. The average molecular weight is 396 g/mol. The molecule has 9 heteroatoms. The first-order valence-corrected chi connectivity index (χ1v) is 9.80. The molecule has 2 aromatic rings. The summed E-state index contributed by atoms with van der Waals surface area (Å²) in [5.74, 6) is 0.397. The van der Waals surface area contributed by atoms with Gasteiger partial charge in [-0.05, 0) is 30.7 Å². The van der Waals surface area contributed by atoms with Crippen LogP contribution in [-0.2, 0) is 4.79 Å². The van der Waals surface area contributed by atoms with E-state index in [2.05, 4.69) is 15.5 Å². The number of nitrogens with zero attached hydrogens (tertiary/aromatic N) is 2. The number of benzene rings is 1. The molecule has 0 radical (unpaired) electrons. The molecule has 0 atom stereocenters. The van der Waals surface area contributed by atoms with Crippen molar-refractivity contribution >= 4 is 40.1 Å². The first-order chi connectivity index (χ1) is 12.3. The van der Waals surface area contributed by atoms with Crippen LogP contribution >= 0.6 is 23.1 Å². The molecular weight excluding hydrogens is 374 g/mol. The minimum atomic E-state index is -0.955. The number of carbonyl (C=O) groups is 2. The van der Waals surface area contributed by atoms with Gasteiger partial charge in [-0.3, -0.25) is 4.79 Å². The Bertz CT molecular complexity index is 754. The van der Waals surface area contributed by atoms with Crippen molar-refractivity contribution in [2.75, 3.05) is 17.7 Å². The fourth-order valence-electron chi connectivity index (χ4n) is 1.71. The van der Waals surface area contributed by atoms with Gasteiger partial charge in [-0.1, -0.05) is 43.9 Å². The molecule has 0 fully saturated rings. The van der Waals surface area contributed by atoms with E-state index in [1.165, 1.54) is 23.5 Å². The minimum Gasteiger partial charge on any atom is -0.494 e. The third-order valence-corrected chi connectivity index (χ3v) is 5.25. The normalized spacial score (nSPS) is 11.2. The monoisotopic (exact) mass is 395 g/mol. The number of carbonyl (C=O) groups excluding carboxylic acids is 1. The Labute approximate surface area is 160 Å². The maximum atomic E-state index is 11.9. The van der Waals surface area contributed by atoms with Crippen molar-refractivity contribution in [3.63, 3.8) is 0 Å². The van der Waals surface area contributed by atoms with Gasteiger partial charge in [0, 0.05) is 11.2 Å². The summed E-state index contributed by atoms with van der Waals surface area (Å²) in [7, 11) is 0. The highest BCUT2D eigenvalue weighted by molar-refractivity contribution is 8.01. The van der Waals surface area contributed by atoms with Crippen molar-refractivity contribution in [3.05, 3.63) is 29.8 Å². The zero-order valence-corrected chi connectivity index (χ0v) is 16.4. The average Bonchev–Trinajstić information content (AvgIpc) is 3.01. The van der Waals surface area contributed by atoms with Crippen LogP contribution in [0, 0.1) is 5.41 Å². The SMILES string of the molecule is CC(C)(C)C(=O)Nc1nnc(SCCCOc2ccc(C(=O)O)cc2)s1. The topological polar surface area (TPSA) is 101 Å². The van der Waals surface area contributed by atoms with E-state index >= 15 is 0 Å². The Kier molecular flexibility index (Phi) is 6.98. The number of carboxylic acid groups (broad SMARTS) is 1. The molecule has 1 aromatic carbocycles. The van der Waals surface area contributed by atoms with Gasteiger partial charge in [0.1, 0.15) is 5.75 Å². The number of hydrogen-bond acceptors (Lipinski definition) is 7. The van der Waals surface area contributed by atoms with E-state index in [1.807, 2.05) is 20.8 Å². The molecule has 0 aliphatic heterocycles. The minimum absolute atomic E-state index is 0.0903. The van der Waals surface area contributed by atoms with E-state index in [4.69, 9.17) is 9.84 Å². The van der Waals surface area contributed by atoms with Crippen LogP contribution in [0.25, 0.3) is 0 Å². The van der Waals surface area contributed by atoms with Crippen LogP contribution in [0.1, 0.15) is 37.6 Å². The molecule has 2 rings (SSSR count). The first kappa shape index (κ1) is 20.2. The van der Waals surface area contributed by atoms with Gasteiger partial charge in [-0.25, -0.2) is 4.79 Å². The smallest absolute Gasteiger partial charge is 0.335 e. The number of amides is 1. The predicted octanol–water partition coefficient (Wildman–Crippen LogP) is 3.78. The maximum absolute atomic E-state index is 11.9.